The molecule has 1 aliphatic carbocycles. The third-order valence-corrected chi connectivity index (χ3v) is 8.75. The van der Waals surface area contributed by atoms with Crippen LogP contribution in [0.5, 0.6) is 0 Å². The van der Waals surface area contributed by atoms with Crippen molar-refractivity contribution in [1.29, 1.82) is 0 Å². The summed E-state index contributed by atoms with van der Waals surface area (Å²) in [7, 11) is 0. The Hall–Kier alpha value is -2.59. The summed E-state index contributed by atoms with van der Waals surface area (Å²) in [6, 6.07) is 27.5. The summed E-state index contributed by atoms with van der Waals surface area (Å²) in [5.74, 6) is 2.13. The maximum absolute atomic E-state index is 9.94. The van der Waals surface area contributed by atoms with E-state index in [1.54, 1.807) is 0 Å². The summed E-state index contributed by atoms with van der Waals surface area (Å²) in [6.45, 7) is 1.87. The molecular weight excluding hydrogens is 494 g/mol. The van der Waals surface area contributed by atoms with Crippen molar-refractivity contribution in [2.45, 2.75) is 50.4 Å². The molecule has 0 aliphatic heterocycles. The predicted octanol–water partition coefficient (Wildman–Crippen LogP) is 8.80. The Morgan fingerprint density at radius 2 is 1.78 bits per heavy atom. The molecule has 4 aromatic rings. The van der Waals surface area contributed by atoms with E-state index < -0.39 is 0 Å². The van der Waals surface area contributed by atoms with Crippen LogP contribution in [0.25, 0.3) is 23.1 Å². The fourth-order valence-electron chi connectivity index (χ4n) is 4.73. The molecule has 2 atom stereocenters. The molecule has 4 heteroatoms. The second-order valence-corrected chi connectivity index (χ2v) is 11.9. The van der Waals surface area contributed by atoms with E-state index in [1.165, 1.54) is 40.8 Å². The normalized spacial score (nSPS) is 15.3. The largest absolute Gasteiger partial charge is 0.393 e. The van der Waals surface area contributed by atoms with Gasteiger partial charge in [-0.05, 0) is 97.2 Å². The number of pyridine rings is 1. The van der Waals surface area contributed by atoms with Crippen LogP contribution in [0.1, 0.15) is 59.4 Å². The van der Waals surface area contributed by atoms with E-state index in [1.807, 2.05) is 25.1 Å². The number of benzene rings is 3. The lowest BCUT2D eigenvalue weighted by Gasteiger charge is -2.19. The maximum Gasteiger partial charge on any atom is 0.0724 e. The quantitative estimate of drug-likeness (QED) is 0.211. The first-order valence-electron chi connectivity index (χ1n) is 13.2. The Morgan fingerprint density at radius 3 is 2.59 bits per heavy atom. The number of nitrogens with zero attached hydrogens (tertiary/aromatic N) is 1. The number of halogens is 1. The number of aryl methyl sites for hydroxylation is 1. The van der Waals surface area contributed by atoms with Gasteiger partial charge in [-0.1, -0.05) is 78.3 Å². The molecule has 1 saturated carbocycles. The molecule has 3 aromatic carbocycles. The molecule has 0 spiro atoms. The maximum atomic E-state index is 9.94. The highest BCUT2D eigenvalue weighted by Crippen LogP contribution is 2.41. The number of aromatic nitrogens is 1. The number of hydrogen-bond acceptors (Lipinski definition) is 3. The SMILES string of the molecule is CC(O)Cc1ccccc1CC[C@@H](SCC1CC1)c1cccc(C=Cc2ccc3ccc(Cl)cc3n2)c1. The number of aliphatic hydroxyl groups is 1. The zero-order valence-corrected chi connectivity index (χ0v) is 22.9. The molecule has 0 radical (unpaired) electrons. The number of aliphatic hydroxyl groups excluding tert-OH is 1. The minimum Gasteiger partial charge on any atom is -0.393 e. The van der Waals surface area contributed by atoms with Gasteiger partial charge in [0, 0.05) is 15.7 Å². The summed E-state index contributed by atoms with van der Waals surface area (Å²) in [5.41, 5.74) is 7.05. The van der Waals surface area contributed by atoms with Crippen molar-refractivity contribution in [2.75, 3.05) is 5.75 Å². The monoisotopic (exact) mass is 527 g/mol. The van der Waals surface area contributed by atoms with Crippen molar-refractivity contribution in [1.82, 2.24) is 4.98 Å². The van der Waals surface area contributed by atoms with Crippen LogP contribution in [0, 0.1) is 5.92 Å². The minimum atomic E-state index is -0.321. The molecular formula is C33H34ClNOS. The van der Waals surface area contributed by atoms with Crippen LogP contribution in [0.15, 0.2) is 78.9 Å². The Labute approximate surface area is 229 Å². The number of fused-ring (bicyclic) bond motifs is 1. The van der Waals surface area contributed by atoms with Gasteiger partial charge in [-0.2, -0.15) is 11.8 Å². The van der Waals surface area contributed by atoms with Gasteiger partial charge >= 0.3 is 0 Å². The Bertz CT molecular complexity index is 1380. The van der Waals surface area contributed by atoms with E-state index in [-0.39, 0.29) is 6.10 Å². The lowest BCUT2D eigenvalue weighted by Crippen LogP contribution is -2.07. The fraction of sp³-hybridized carbons (Fsp3) is 0.303. The van der Waals surface area contributed by atoms with Crippen molar-refractivity contribution in [3.63, 3.8) is 0 Å². The summed E-state index contributed by atoms with van der Waals surface area (Å²) in [5, 5.41) is 12.2. The first-order chi connectivity index (χ1) is 18.0. The van der Waals surface area contributed by atoms with Gasteiger partial charge in [-0.25, -0.2) is 4.98 Å². The van der Waals surface area contributed by atoms with Crippen LogP contribution in [0.3, 0.4) is 0 Å². The summed E-state index contributed by atoms with van der Waals surface area (Å²) in [4.78, 5) is 4.76. The lowest BCUT2D eigenvalue weighted by molar-refractivity contribution is 0.195. The Kier molecular flexibility index (Phi) is 8.66. The molecule has 1 heterocycles. The van der Waals surface area contributed by atoms with Gasteiger partial charge in [0.05, 0.1) is 17.3 Å². The van der Waals surface area contributed by atoms with E-state index in [9.17, 15) is 5.11 Å². The average Bonchev–Trinajstić information content (AvgIpc) is 3.72. The van der Waals surface area contributed by atoms with Crippen molar-refractivity contribution < 1.29 is 5.11 Å². The third-order valence-electron chi connectivity index (χ3n) is 6.94. The van der Waals surface area contributed by atoms with E-state index in [4.69, 9.17) is 16.6 Å². The van der Waals surface area contributed by atoms with Gasteiger partial charge in [0.15, 0.2) is 0 Å². The molecule has 37 heavy (non-hydrogen) atoms. The standard InChI is InChI=1S/C33H34ClNOS/c1-23(36)19-28-7-3-2-6-26(28)14-18-33(37-22-25-9-10-25)29-8-4-5-24(20-29)11-16-31-17-13-27-12-15-30(34)21-32(27)35-31/h2-8,11-13,15-17,20-21,23,25,33,36H,9-10,14,18-19,22H2,1H3/t23?,33-/m1/s1. The predicted molar refractivity (Wildman–Crippen MR) is 160 cm³/mol. The molecule has 0 bridgehead atoms. The van der Waals surface area contributed by atoms with Crippen molar-refractivity contribution in [2.24, 2.45) is 5.92 Å². The zero-order chi connectivity index (χ0) is 25.6. The zero-order valence-electron chi connectivity index (χ0n) is 21.3. The molecule has 0 amide bonds. The van der Waals surface area contributed by atoms with Crippen LogP contribution >= 0.6 is 23.4 Å². The fourth-order valence-corrected chi connectivity index (χ4v) is 6.36. The molecule has 5 rings (SSSR count). The summed E-state index contributed by atoms with van der Waals surface area (Å²) in [6.07, 6.45) is 9.50. The lowest BCUT2D eigenvalue weighted by atomic mass is 9.96. The summed E-state index contributed by atoms with van der Waals surface area (Å²) < 4.78 is 0. The first kappa shape index (κ1) is 26.0. The van der Waals surface area contributed by atoms with E-state index >= 15 is 0 Å². The third kappa shape index (κ3) is 7.47. The Balaban J connectivity index is 1.33. The van der Waals surface area contributed by atoms with E-state index in [0.717, 1.165) is 35.4 Å². The molecule has 1 N–H and O–H groups in total. The van der Waals surface area contributed by atoms with Crippen molar-refractivity contribution in [3.8, 4) is 0 Å². The van der Waals surface area contributed by atoms with Crippen LogP contribution in [-0.2, 0) is 12.8 Å². The molecule has 1 fully saturated rings. The van der Waals surface area contributed by atoms with Gasteiger partial charge in [0.1, 0.15) is 0 Å². The number of rotatable bonds is 11. The molecule has 0 saturated heterocycles. The highest BCUT2D eigenvalue weighted by atomic mass is 35.5. The van der Waals surface area contributed by atoms with Gasteiger partial charge in [0.2, 0.25) is 0 Å². The van der Waals surface area contributed by atoms with E-state index in [2.05, 4.69) is 84.6 Å². The van der Waals surface area contributed by atoms with Crippen molar-refractivity contribution >= 4 is 46.4 Å². The highest BCUT2D eigenvalue weighted by Gasteiger charge is 2.24. The second kappa shape index (κ2) is 12.3. The molecule has 1 unspecified atom stereocenters. The molecule has 1 aliphatic rings. The molecule has 2 nitrogen and oxygen atoms in total. The van der Waals surface area contributed by atoms with Crippen LogP contribution in [-0.4, -0.2) is 21.9 Å². The van der Waals surface area contributed by atoms with E-state index in [0.29, 0.717) is 16.7 Å². The topological polar surface area (TPSA) is 33.1 Å². The smallest absolute Gasteiger partial charge is 0.0724 e. The first-order valence-corrected chi connectivity index (χ1v) is 14.7. The van der Waals surface area contributed by atoms with Gasteiger partial charge in [-0.3, -0.25) is 0 Å². The Morgan fingerprint density at radius 1 is 0.973 bits per heavy atom. The van der Waals surface area contributed by atoms with Crippen molar-refractivity contribution in [3.05, 3.63) is 112 Å². The molecule has 1 aromatic heterocycles. The minimum absolute atomic E-state index is 0.321. The second-order valence-electron chi connectivity index (χ2n) is 10.2. The van der Waals surface area contributed by atoms with Gasteiger partial charge < -0.3 is 5.11 Å². The van der Waals surface area contributed by atoms with Gasteiger partial charge in [-0.15, -0.1) is 0 Å². The van der Waals surface area contributed by atoms with Crippen LogP contribution in [0.2, 0.25) is 5.02 Å². The van der Waals surface area contributed by atoms with Crippen LogP contribution in [0.4, 0.5) is 0 Å². The van der Waals surface area contributed by atoms with Crippen LogP contribution < -0.4 is 0 Å². The number of hydrogen-bond donors (Lipinski definition) is 1. The summed E-state index contributed by atoms with van der Waals surface area (Å²) >= 11 is 8.28. The number of thioether (sulfide) groups is 1. The molecule has 190 valence electrons. The highest BCUT2D eigenvalue weighted by molar-refractivity contribution is 7.99. The average molecular weight is 528 g/mol. The van der Waals surface area contributed by atoms with Gasteiger partial charge in [0.25, 0.3) is 0 Å².